The van der Waals surface area contributed by atoms with E-state index < -0.39 is 11.5 Å². The Morgan fingerprint density at radius 3 is 2.52 bits per heavy atom. The van der Waals surface area contributed by atoms with E-state index in [2.05, 4.69) is 20.6 Å². The molecule has 2 rings (SSSR count). The standard InChI is InChI=1S/C15H20N4O2/c1-9(16-13(21)15(2,3)4)12(20)19-14-17-10-7-5-6-8-11(10)18-14/h5-9H,1-4H3,(H,16,21)(H2,17,18,19,20). The number of anilines is 1. The third kappa shape index (κ3) is 3.59. The van der Waals surface area contributed by atoms with Gasteiger partial charge >= 0.3 is 0 Å². The van der Waals surface area contributed by atoms with E-state index in [1.165, 1.54) is 0 Å². The SMILES string of the molecule is CC(NC(=O)C(C)(C)C)C(=O)Nc1nc2ccccc2[nH]1. The Balaban J connectivity index is 2.02. The van der Waals surface area contributed by atoms with E-state index in [0.29, 0.717) is 5.95 Å². The average molecular weight is 288 g/mol. The van der Waals surface area contributed by atoms with Crippen LogP contribution in [-0.4, -0.2) is 27.8 Å². The Kier molecular flexibility index (Phi) is 3.97. The molecule has 0 radical (unpaired) electrons. The molecular weight excluding hydrogens is 268 g/mol. The van der Waals surface area contributed by atoms with E-state index in [-0.39, 0.29) is 11.8 Å². The molecule has 0 aliphatic carbocycles. The highest BCUT2D eigenvalue weighted by Gasteiger charge is 2.25. The van der Waals surface area contributed by atoms with E-state index in [4.69, 9.17) is 0 Å². The van der Waals surface area contributed by atoms with Gasteiger partial charge in [0.2, 0.25) is 17.8 Å². The summed E-state index contributed by atoms with van der Waals surface area (Å²) in [5.41, 5.74) is 1.09. The molecule has 1 aromatic carbocycles. The molecule has 2 aromatic rings. The largest absolute Gasteiger partial charge is 0.344 e. The highest BCUT2D eigenvalue weighted by atomic mass is 16.2. The fraction of sp³-hybridized carbons (Fsp3) is 0.400. The lowest BCUT2D eigenvalue weighted by Crippen LogP contribution is -2.46. The molecule has 0 fully saturated rings. The molecule has 1 atom stereocenters. The number of para-hydroxylation sites is 2. The fourth-order valence-electron chi connectivity index (χ4n) is 1.72. The monoisotopic (exact) mass is 288 g/mol. The molecule has 112 valence electrons. The predicted molar refractivity (Wildman–Crippen MR) is 81.8 cm³/mol. The second-order valence-electron chi connectivity index (χ2n) is 6.04. The Bertz CT molecular complexity index is 637. The summed E-state index contributed by atoms with van der Waals surface area (Å²) < 4.78 is 0. The minimum Gasteiger partial charge on any atom is -0.344 e. The van der Waals surface area contributed by atoms with Gasteiger partial charge in [0.25, 0.3) is 0 Å². The Morgan fingerprint density at radius 1 is 1.24 bits per heavy atom. The van der Waals surface area contributed by atoms with Gasteiger partial charge in [-0.3, -0.25) is 14.9 Å². The molecule has 1 heterocycles. The first-order chi connectivity index (χ1) is 9.77. The zero-order chi connectivity index (χ0) is 15.6. The number of hydrogen-bond donors (Lipinski definition) is 3. The van der Waals surface area contributed by atoms with Crippen molar-refractivity contribution in [2.75, 3.05) is 5.32 Å². The van der Waals surface area contributed by atoms with Gasteiger partial charge in [-0.15, -0.1) is 0 Å². The van der Waals surface area contributed by atoms with Crippen molar-refractivity contribution in [2.24, 2.45) is 5.41 Å². The van der Waals surface area contributed by atoms with Gasteiger partial charge in [-0.1, -0.05) is 32.9 Å². The van der Waals surface area contributed by atoms with Crippen LogP contribution in [0.1, 0.15) is 27.7 Å². The lowest BCUT2D eigenvalue weighted by atomic mass is 9.95. The van der Waals surface area contributed by atoms with Crippen molar-refractivity contribution in [3.63, 3.8) is 0 Å². The van der Waals surface area contributed by atoms with Crippen LogP contribution in [0.5, 0.6) is 0 Å². The normalized spacial score (nSPS) is 13.0. The van der Waals surface area contributed by atoms with E-state index in [1.807, 2.05) is 24.3 Å². The summed E-state index contributed by atoms with van der Waals surface area (Å²) in [5.74, 6) is -0.112. The molecule has 1 aromatic heterocycles. The smallest absolute Gasteiger partial charge is 0.248 e. The minimum atomic E-state index is -0.634. The van der Waals surface area contributed by atoms with Crippen LogP contribution in [0.4, 0.5) is 5.95 Å². The molecule has 0 saturated heterocycles. The van der Waals surface area contributed by atoms with Gasteiger partial charge in [0.05, 0.1) is 11.0 Å². The van der Waals surface area contributed by atoms with Gasteiger partial charge in [0.1, 0.15) is 6.04 Å². The van der Waals surface area contributed by atoms with Crippen molar-refractivity contribution >= 4 is 28.8 Å². The number of carbonyl (C=O) groups is 2. The summed E-state index contributed by atoms with van der Waals surface area (Å²) in [7, 11) is 0. The molecule has 0 aliphatic heterocycles. The van der Waals surface area contributed by atoms with Crippen LogP contribution in [0.15, 0.2) is 24.3 Å². The fourth-order valence-corrected chi connectivity index (χ4v) is 1.72. The summed E-state index contributed by atoms with van der Waals surface area (Å²) in [6, 6.07) is 6.86. The number of nitrogens with zero attached hydrogens (tertiary/aromatic N) is 1. The quantitative estimate of drug-likeness (QED) is 0.808. The van der Waals surface area contributed by atoms with E-state index in [9.17, 15) is 9.59 Å². The van der Waals surface area contributed by atoms with Gasteiger partial charge in [-0.05, 0) is 19.1 Å². The summed E-state index contributed by atoms with van der Waals surface area (Å²) >= 11 is 0. The van der Waals surface area contributed by atoms with Crippen LogP contribution in [0.3, 0.4) is 0 Å². The van der Waals surface area contributed by atoms with Gasteiger partial charge in [0.15, 0.2) is 0 Å². The molecule has 2 amide bonds. The Hall–Kier alpha value is -2.37. The first-order valence-electron chi connectivity index (χ1n) is 6.84. The highest BCUT2D eigenvalue weighted by molar-refractivity contribution is 5.97. The number of H-pyrrole nitrogens is 1. The third-order valence-corrected chi connectivity index (χ3v) is 3.05. The highest BCUT2D eigenvalue weighted by Crippen LogP contribution is 2.14. The Labute approximate surface area is 123 Å². The van der Waals surface area contributed by atoms with Crippen molar-refractivity contribution in [1.29, 1.82) is 0 Å². The molecule has 0 saturated carbocycles. The second kappa shape index (κ2) is 5.55. The van der Waals surface area contributed by atoms with Crippen LogP contribution in [0.2, 0.25) is 0 Å². The zero-order valence-corrected chi connectivity index (χ0v) is 12.7. The maximum atomic E-state index is 12.1. The molecule has 1 unspecified atom stereocenters. The van der Waals surface area contributed by atoms with Gasteiger partial charge in [-0.25, -0.2) is 4.98 Å². The van der Waals surface area contributed by atoms with Crippen LogP contribution in [0.25, 0.3) is 11.0 Å². The number of amides is 2. The molecule has 6 heteroatoms. The van der Waals surface area contributed by atoms with E-state index in [0.717, 1.165) is 11.0 Å². The summed E-state index contributed by atoms with van der Waals surface area (Å²) in [5, 5.41) is 5.35. The molecule has 6 nitrogen and oxygen atoms in total. The van der Waals surface area contributed by atoms with Crippen LogP contribution < -0.4 is 10.6 Å². The Morgan fingerprint density at radius 2 is 1.90 bits per heavy atom. The van der Waals surface area contributed by atoms with E-state index >= 15 is 0 Å². The molecule has 0 spiro atoms. The summed E-state index contributed by atoms with van der Waals surface area (Å²) in [4.78, 5) is 31.2. The molecule has 3 N–H and O–H groups in total. The lowest BCUT2D eigenvalue weighted by Gasteiger charge is -2.21. The summed E-state index contributed by atoms with van der Waals surface area (Å²) in [6.07, 6.45) is 0. The van der Waals surface area contributed by atoms with Gasteiger partial charge in [-0.2, -0.15) is 0 Å². The number of nitrogens with one attached hydrogen (secondary N) is 3. The molecule has 0 bridgehead atoms. The van der Waals surface area contributed by atoms with Crippen molar-refractivity contribution in [2.45, 2.75) is 33.7 Å². The van der Waals surface area contributed by atoms with E-state index in [1.54, 1.807) is 27.7 Å². The number of benzene rings is 1. The van der Waals surface area contributed by atoms with Crippen molar-refractivity contribution in [3.05, 3.63) is 24.3 Å². The van der Waals surface area contributed by atoms with Gasteiger partial charge < -0.3 is 10.3 Å². The lowest BCUT2D eigenvalue weighted by molar-refractivity contribution is -0.131. The maximum Gasteiger partial charge on any atom is 0.248 e. The first kappa shape index (κ1) is 15.0. The number of aromatic nitrogens is 2. The van der Waals surface area contributed by atoms with Crippen molar-refractivity contribution in [3.8, 4) is 0 Å². The second-order valence-corrected chi connectivity index (χ2v) is 6.04. The molecular formula is C15H20N4O2. The molecule has 0 aliphatic rings. The van der Waals surface area contributed by atoms with Crippen molar-refractivity contribution in [1.82, 2.24) is 15.3 Å². The number of rotatable bonds is 3. The minimum absolute atomic E-state index is 0.172. The van der Waals surface area contributed by atoms with Crippen LogP contribution in [-0.2, 0) is 9.59 Å². The predicted octanol–water partition coefficient (Wildman–Crippen LogP) is 2.05. The van der Waals surface area contributed by atoms with Gasteiger partial charge in [0, 0.05) is 5.41 Å². The van der Waals surface area contributed by atoms with Crippen LogP contribution in [0, 0.1) is 5.41 Å². The zero-order valence-electron chi connectivity index (χ0n) is 12.7. The average Bonchev–Trinajstić information content (AvgIpc) is 2.79. The van der Waals surface area contributed by atoms with Crippen molar-refractivity contribution < 1.29 is 9.59 Å². The number of imidazole rings is 1. The number of fused-ring (bicyclic) bond motifs is 1. The topological polar surface area (TPSA) is 86.9 Å². The number of hydrogen-bond acceptors (Lipinski definition) is 3. The first-order valence-corrected chi connectivity index (χ1v) is 6.84. The molecule has 21 heavy (non-hydrogen) atoms. The summed E-state index contributed by atoms with van der Waals surface area (Å²) in [6.45, 7) is 7.03. The van der Waals surface area contributed by atoms with Crippen LogP contribution >= 0.6 is 0 Å². The number of aromatic amines is 1. The maximum absolute atomic E-state index is 12.1. The number of carbonyl (C=O) groups excluding carboxylic acids is 2. The third-order valence-electron chi connectivity index (χ3n) is 3.05.